The van der Waals surface area contributed by atoms with E-state index in [4.69, 9.17) is 15.6 Å². The molecular formula is C16H17NO3. The van der Waals surface area contributed by atoms with Crippen molar-refractivity contribution in [3.8, 4) is 16.9 Å². The molecule has 0 aliphatic heterocycles. The number of rotatable bonds is 4. The van der Waals surface area contributed by atoms with Gasteiger partial charge < -0.3 is 15.6 Å². The van der Waals surface area contributed by atoms with E-state index in [-0.39, 0.29) is 11.7 Å². The quantitative estimate of drug-likeness (QED) is 0.836. The summed E-state index contributed by atoms with van der Waals surface area (Å²) in [4.78, 5) is 11.0. The zero-order valence-electron chi connectivity index (χ0n) is 11.5. The molecule has 0 amide bonds. The minimum absolute atomic E-state index is 0.112. The highest BCUT2D eigenvalue weighted by atomic mass is 16.5. The minimum Gasteiger partial charge on any atom is -0.491 e. The molecule has 0 aliphatic carbocycles. The molecule has 0 atom stereocenters. The molecular weight excluding hydrogens is 254 g/mol. The smallest absolute Gasteiger partial charge is 0.335 e. The van der Waals surface area contributed by atoms with Crippen LogP contribution in [0, 0.1) is 0 Å². The maximum atomic E-state index is 11.0. The summed E-state index contributed by atoms with van der Waals surface area (Å²) in [7, 11) is 0. The van der Waals surface area contributed by atoms with Crippen LogP contribution >= 0.6 is 0 Å². The average molecular weight is 271 g/mol. The number of carbonyl (C=O) groups is 1. The predicted molar refractivity (Wildman–Crippen MR) is 79.0 cm³/mol. The first-order chi connectivity index (χ1) is 9.47. The van der Waals surface area contributed by atoms with Crippen molar-refractivity contribution < 1.29 is 14.6 Å². The molecule has 0 fully saturated rings. The molecule has 2 rings (SSSR count). The fraction of sp³-hybridized carbons (Fsp3) is 0.188. The number of nitrogens with two attached hydrogens (primary N) is 1. The molecule has 3 N–H and O–H groups in total. The predicted octanol–water partition coefficient (Wildman–Crippen LogP) is 3.42. The van der Waals surface area contributed by atoms with E-state index in [1.54, 1.807) is 12.1 Å². The molecule has 0 spiro atoms. The molecule has 0 aromatic heterocycles. The summed E-state index contributed by atoms with van der Waals surface area (Å²) >= 11 is 0. The van der Waals surface area contributed by atoms with Crippen LogP contribution in [0.15, 0.2) is 42.5 Å². The molecule has 0 bridgehead atoms. The SMILES string of the molecule is CC(C)Oc1ccc(-c2cc(C(=O)O)ccc2N)cc1. The fourth-order valence-corrected chi connectivity index (χ4v) is 1.92. The van der Waals surface area contributed by atoms with Gasteiger partial charge in [0.15, 0.2) is 0 Å². The van der Waals surface area contributed by atoms with E-state index < -0.39 is 5.97 Å². The van der Waals surface area contributed by atoms with Gasteiger partial charge in [0.05, 0.1) is 11.7 Å². The average Bonchev–Trinajstić information content (AvgIpc) is 2.39. The van der Waals surface area contributed by atoms with Crippen molar-refractivity contribution >= 4 is 11.7 Å². The van der Waals surface area contributed by atoms with Crippen molar-refractivity contribution in [1.29, 1.82) is 0 Å². The lowest BCUT2D eigenvalue weighted by molar-refractivity contribution is 0.0697. The van der Waals surface area contributed by atoms with Crippen molar-refractivity contribution in [2.24, 2.45) is 0 Å². The fourth-order valence-electron chi connectivity index (χ4n) is 1.92. The Morgan fingerprint density at radius 1 is 1.15 bits per heavy atom. The summed E-state index contributed by atoms with van der Waals surface area (Å²) in [5, 5.41) is 9.03. The summed E-state index contributed by atoms with van der Waals surface area (Å²) < 4.78 is 5.57. The molecule has 0 heterocycles. The zero-order chi connectivity index (χ0) is 14.7. The van der Waals surface area contributed by atoms with Gasteiger partial charge in [0.2, 0.25) is 0 Å². The topological polar surface area (TPSA) is 72.5 Å². The molecule has 0 saturated carbocycles. The van der Waals surface area contributed by atoms with E-state index in [2.05, 4.69) is 0 Å². The Kier molecular flexibility index (Phi) is 3.94. The number of ether oxygens (including phenoxy) is 1. The van der Waals surface area contributed by atoms with E-state index in [1.807, 2.05) is 38.1 Å². The lowest BCUT2D eigenvalue weighted by Crippen LogP contribution is -2.05. The molecule has 0 radical (unpaired) electrons. The third kappa shape index (κ3) is 3.09. The Labute approximate surface area is 117 Å². The van der Waals surface area contributed by atoms with Crippen LogP contribution < -0.4 is 10.5 Å². The highest BCUT2D eigenvalue weighted by Crippen LogP contribution is 2.28. The first-order valence-electron chi connectivity index (χ1n) is 6.37. The lowest BCUT2D eigenvalue weighted by Gasteiger charge is -2.11. The summed E-state index contributed by atoms with van der Waals surface area (Å²) in [6.45, 7) is 3.92. The maximum Gasteiger partial charge on any atom is 0.335 e. The number of anilines is 1. The number of nitrogen functional groups attached to an aromatic ring is 1. The van der Waals surface area contributed by atoms with Gasteiger partial charge in [0.25, 0.3) is 0 Å². The number of carboxylic acids is 1. The molecule has 0 aliphatic rings. The van der Waals surface area contributed by atoms with Crippen LogP contribution in [0.4, 0.5) is 5.69 Å². The van der Waals surface area contributed by atoms with Gasteiger partial charge in [-0.1, -0.05) is 12.1 Å². The molecule has 2 aromatic carbocycles. The van der Waals surface area contributed by atoms with Gasteiger partial charge in [-0.3, -0.25) is 0 Å². The zero-order valence-corrected chi connectivity index (χ0v) is 11.5. The Morgan fingerprint density at radius 3 is 2.35 bits per heavy atom. The Balaban J connectivity index is 2.36. The monoisotopic (exact) mass is 271 g/mol. The number of hydrogen-bond donors (Lipinski definition) is 2. The highest BCUT2D eigenvalue weighted by Gasteiger charge is 2.09. The van der Waals surface area contributed by atoms with Crippen LogP contribution in [0.5, 0.6) is 5.75 Å². The molecule has 0 unspecified atom stereocenters. The summed E-state index contributed by atoms with van der Waals surface area (Å²) in [6, 6.07) is 12.1. The van der Waals surface area contributed by atoms with Gasteiger partial charge in [0.1, 0.15) is 5.75 Å². The molecule has 0 saturated heterocycles. The second-order valence-electron chi connectivity index (χ2n) is 4.80. The second-order valence-corrected chi connectivity index (χ2v) is 4.80. The van der Waals surface area contributed by atoms with Crippen molar-refractivity contribution in [3.05, 3.63) is 48.0 Å². The van der Waals surface area contributed by atoms with Crippen LogP contribution in [-0.2, 0) is 0 Å². The standard InChI is InChI=1S/C16H17NO3/c1-10(2)20-13-6-3-11(4-7-13)14-9-12(16(18)19)5-8-15(14)17/h3-10H,17H2,1-2H3,(H,18,19). The number of hydrogen-bond acceptors (Lipinski definition) is 3. The molecule has 104 valence electrons. The number of aromatic carboxylic acids is 1. The van der Waals surface area contributed by atoms with Crippen molar-refractivity contribution in [2.75, 3.05) is 5.73 Å². The Bertz CT molecular complexity index is 618. The Hall–Kier alpha value is -2.49. The van der Waals surface area contributed by atoms with E-state index in [0.717, 1.165) is 11.3 Å². The van der Waals surface area contributed by atoms with Gasteiger partial charge in [-0.2, -0.15) is 0 Å². The van der Waals surface area contributed by atoms with Crippen molar-refractivity contribution in [3.63, 3.8) is 0 Å². The molecule has 20 heavy (non-hydrogen) atoms. The van der Waals surface area contributed by atoms with Crippen LogP contribution in [-0.4, -0.2) is 17.2 Å². The molecule has 4 nitrogen and oxygen atoms in total. The highest BCUT2D eigenvalue weighted by molar-refractivity contribution is 5.91. The van der Waals surface area contributed by atoms with E-state index in [0.29, 0.717) is 11.3 Å². The maximum absolute atomic E-state index is 11.0. The summed E-state index contributed by atoms with van der Waals surface area (Å²) in [5.41, 5.74) is 8.26. The van der Waals surface area contributed by atoms with Gasteiger partial charge in [0, 0.05) is 11.3 Å². The van der Waals surface area contributed by atoms with Gasteiger partial charge >= 0.3 is 5.97 Å². The minimum atomic E-state index is -0.967. The van der Waals surface area contributed by atoms with E-state index in [1.165, 1.54) is 6.07 Å². The van der Waals surface area contributed by atoms with Crippen LogP contribution in [0.1, 0.15) is 24.2 Å². The van der Waals surface area contributed by atoms with Crippen molar-refractivity contribution in [2.45, 2.75) is 20.0 Å². The van der Waals surface area contributed by atoms with Gasteiger partial charge in [-0.05, 0) is 49.7 Å². The normalized spacial score (nSPS) is 10.6. The Morgan fingerprint density at radius 2 is 1.80 bits per heavy atom. The molecule has 4 heteroatoms. The lowest BCUT2D eigenvalue weighted by atomic mass is 10.0. The first kappa shape index (κ1) is 13.9. The largest absolute Gasteiger partial charge is 0.491 e. The van der Waals surface area contributed by atoms with Gasteiger partial charge in [-0.15, -0.1) is 0 Å². The number of benzene rings is 2. The van der Waals surface area contributed by atoms with Crippen LogP contribution in [0.2, 0.25) is 0 Å². The van der Waals surface area contributed by atoms with E-state index >= 15 is 0 Å². The van der Waals surface area contributed by atoms with Gasteiger partial charge in [-0.25, -0.2) is 4.79 Å². The summed E-state index contributed by atoms with van der Waals surface area (Å²) in [5.74, 6) is -0.192. The van der Waals surface area contributed by atoms with Crippen molar-refractivity contribution in [1.82, 2.24) is 0 Å². The molecule has 2 aromatic rings. The first-order valence-corrected chi connectivity index (χ1v) is 6.37. The third-order valence-electron chi connectivity index (χ3n) is 2.84. The third-order valence-corrected chi connectivity index (χ3v) is 2.84. The van der Waals surface area contributed by atoms with E-state index in [9.17, 15) is 4.79 Å². The van der Waals surface area contributed by atoms with Crippen LogP contribution in [0.25, 0.3) is 11.1 Å². The summed E-state index contributed by atoms with van der Waals surface area (Å²) in [6.07, 6.45) is 0.112. The van der Waals surface area contributed by atoms with Crippen LogP contribution in [0.3, 0.4) is 0 Å². The second kappa shape index (κ2) is 5.65. The number of carboxylic acid groups (broad SMARTS) is 1.